The number of methoxy groups -OCH3 is 1. The van der Waals surface area contributed by atoms with Crippen LogP contribution in [0.5, 0.6) is 0 Å². The molecule has 2 aromatic heterocycles. The number of esters is 1. The number of aryl methyl sites for hydroxylation is 1. The van der Waals surface area contributed by atoms with Gasteiger partial charge in [-0.25, -0.2) is 9.78 Å². The summed E-state index contributed by atoms with van der Waals surface area (Å²) < 4.78 is 4.62. The van der Waals surface area contributed by atoms with E-state index in [0.717, 1.165) is 11.3 Å². The van der Waals surface area contributed by atoms with Gasteiger partial charge in [0.05, 0.1) is 7.11 Å². The van der Waals surface area contributed by atoms with Gasteiger partial charge < -0.3 is 10.1 Å². The Balaban J connectivity index is 2.04. The first-order valence-electron chi connectivity index (χ1n) is 5.50. The summed E-state index contributed by atoms with van der Waals surface area (Å²) in [5.74, 6) is -0.479. The lowest BCUT2D eigenvalue weighted by Gasteiger charge is -2.02. The highest BCUT2D eigenvalue weighted by molar-refractivity contribution is 7.18. The number of halogens is 1. The molecule has 0 aromatic carbocycles. The minimum Gasteiger partial charge on any atom is -0.465 e. The maximum absolute atomic E-state index is 11.4. The zero-order valence-corrected chi connectivity index (χ0v) is 12.0. The van der Waals surface area contributed by atoms with Crippen LogP contribution < -0.4 is 5.32 Å². The van der Waals surface area contributed by atoms with E-state index >= 15 is 0 Å². The van der Waals surface area contributed by atoms with E-state index in [2.05, 4.69) is 20.0 Å². The Morgan fingerprint density at radius 3 is 2.95 bits per heavy atom. The number of carbonyl (C=O) groups excluding carboxylic acids is 1. The van der Waals surface area contributed by atoms with E-state index in [9.17, 15) is 4.79 Å². The van der Waals surface area contributed by atoms with Gasteiger partial charge in [0.15, 0.2) is 15.2 Å². The van der Waals surface area contributed by atoms with E-state index in [0.29, 0.717) is 16.6 Å². The van der Waals surface area contributed by atoms with Gasteiger partial charge in [-0.15, -0.1) is 0 Å². The van der Waals surface area contributed by atoms with Crippen LogP contribution in [0.15, 0.2) is 18.3 Å². The molecule has 0 radical (unpaired) electrons. The highest BCUT2D eigenvalue weighted by atomic mass is 35.5. The van der Waals surface area contributed by atoms with E-state index < -0.39 is 5.97 Å². The average molecular weight is 298 g/mol. The van der Waals surface area contributed by atoms with Gasteiger partial charge in [0.2, 0.25) is 0 Å². The zero-order chi connectivity index (χ0) is 13.8. The van der Waals surface area contributed by atoms with Crippen LogP contribution in [-0.2, 0) is 11.3 Å². The maximum atomic E-state index is 11.4. The van der Waals surface area contributed by atoms with Crippen molar-refractivity contribution < 1.29 is 9.53 Å². The molecule has 0 saturated heterocycles. The molecule has 0 unspecified atom stereocenters. The molecule has 0 saturated carbocycles. The smallest absolute Gasteiger partial charge is 0.351 e. The number of ether oxygens (including phenoxy) is 1. The molecule has 0 spiro atoms. The number of hydrogen-bond acceptors (Lipinski definition) is 6. The fraction of sp³-hybridized carbons (Fsp3) is 0.250. The van der Waals surface area contributed by atoms with Crippen LogP contribution in [0, 0.1) is 6.92 Å². The molecule has 5 nitrogen and oxygen atoms in total. The van der Waals surface area contributed by atoms with Crippen molar-refractivity contribution in [1.82, 2.24) is 9.97 Å². The lowest BCUT2D eigenvalue weighted by atomic mass is 10.2. The van der Waals surface area contributed by atoms with E-state index in [1.54, 1.807) is 6.20 Å². The average Bonchev–Trinajstić information content (AvgIpc) is 2.78. The number of hydrogen-bond donors (Lipinski definition) is 1. The first kappa shape index (κ1) is 13.8. The highest BCUT2D eigenvalue weighted by Crippen LogP contribution is 2.27. The van der Waals surface area contributed by atoms with Gasteiger partial charge in [-0.3, -0.25) is 4.98 Å². The van der Waals surface area contributed by atoms with Gasteiger partial charge in [-0.05, 0) is 18.6 Å². The molecule has 2 aromatic rings. The third-order valence-corrected chi connectivity index (χ3v) is 3.75. The van der Waals surface area contributed by atoms with Crippen molar-refractivity contribution in [2.75, 3.05) is 12.4 Å². The van der Waals surface area contributed by atoms with E-state index in [-0.39, 0.29) is 5.15 Å². The molecule has 2 heterocycles. The second-order valence-electron chi connectivity index (χ2n) is 3.79. The number of rotatable bonds is 4. The lowest BCUT2D eigenvalue weighted by Crippen LogP contribution is -1.99. The molecule has 0 bridgehead atoms. The standard InChI is InChI=1S/C12H12ClN3O2S/c1-7-3-4-8(5-14-7)6-15-12-16-10(13)9(19-12)11(17)18-2/h3-5H,6H2,1-2H3,(H,15,16). The molecule has 0 atom stereocenters. The number of pyridine rings is 1. The molecule has 100 valence electrons. The van der Waals surface area contributed by atoms with Gasteiger partial charge in [0, 0.05) is 18.4 Å². The Labute approximate surface area is 119 Å². The molecule has 0 amide bonds. The van der Waals surface area contributed by atoms with Crippen molar-refractivity contribution in [3.05, 3.63) is 39.6 Å². The minimum atomic E-state index is -0.479. The Bertz CT molecular complexity index is 583. The summed E-state index contributed by atoms with van der Waals surface area (Å²) >= 11 is 7.03. The second-order valence-corrected chi connectivity index (χ2v) is 5.15. The van der Waals surface area contributed by atoms with Crippen LogP contribution in [0.4, 0.5) is 5.13 Å². The Kier molecular flexibility index (Phi) is 4.34. The summed E-state index contributed by atoms with van der Waals surface area (Å²) in [7, 11) is 1.31. The second kappa shape index (κ2) is 5.99. The Hall–Kier alpha value is -1.66. The fourth-order valence-corrected chi connectivity index (χ4v) is 2.48. The van der Waals surface area contributed by atoms with E-state index in [4.69, 9.17) is 11.6 Å². The third-order valence-electron chi connectivity index (χ3n) is 2.37. The minimum absolute atomic E-state index is 0.154. The maximum Gasteiger partial charge on any atom is 0.351 e. The number of nitrogens with zero attached hydrogens (tertiary/aromatic N) is 2. The number of aromatic nitrogens is 2. The lowest BCUT2D eigenvalue weighted by molar-refractivity contribution is 0.0606. The van der Waals surface area contributed by atoms with Crippen molar-refractivity contribution in [2.24, 2.45) is 0 Å². The molecule has 0 fully saturated rings. The van der Waals surface area contributed by atoms with Crippen LogP contribution in [0.2, 0.25) is 5.15 Å². The monoisotopic (exact) mass is 297 g/mol. The Morgan fingerprint density at radius 1 is 1.53 bits per heavy atom. The topological polar surface area (TPSA) is 64.1 Å². The molecule has 0 aliphatic carbocycles. The quantitative estimate of drug-likeness (QED) is 0.879. The molecule has 0 aliphatic rings. The van der Waals surface area contributed by atoms with Gasteiger partial charge in [-0.2, -0.15) is 0 Å². The molecular formula is C12H12ClN3O2S. The van der Waals surface area contributed by atoms with Gasteiger partial charge in [0.25, 0.3) is 0 Å². The van der Waals surface area contributed by atoms with Crippen molar-refractivity contribution >= 4 is 34.0 Å². The predicted octanol–water partition coefficient (Wildman–Crippen LogP) is 2.90. The summed E-state index contributed by atoms with van der Waals surface area (Å²) in [5.41, 5.74) is 1.99. The van der Waals surface area contributed by atoms with Crippen LogP contribution >= 0.6 is 22.9 Å². The van der Waals surface area contributed by atoms with Gasteiger partial charge >= 0.3 is 5.97 Å². The summed E-state index contributed by atoms with van der Waals surface area (Å²) in [4.78, 5) is 19.9. The van der Waals surface area contributed by atoms with E-state index in [1.165, 1.54) is 18.4 Å². The van der Waals surface area contributed by atoms with Crippen molar-refractivity contribution in [3.8, 4) is 0 Å². The molecule has 1 N–H and O–H groups in total. The molecular weight excluding hydrogens is 286 g/mol. The molecule has 19 heavy (non-hydrogen) atoms. The zero-order valence-electron chi connectivity index (χ0n) is 10.4. The molecule has 7 heteroatoms. The number of carbonyl (C=O) groups is 1. The van der Waals surface area contributed by atoms with Crippen LogP contribution in [0.1, 0.15) is 20.9 Å². The molecule has 0 aliphatic heterocycles. The van der Waals surface area contributed by atoms with Crippen LogP contribution in [-0.4, -0.2) is 23.0 Å². The van der Waals surface area contributed by atoms with Crippen LogP contribution in [0.25, 0.3) is 0 Å². The van der Waals surface area contributed by atoms with Crippen molar-refractivity contribution in [1.29, 1.82) is 0 Å². The Morgan fingerprint density at radius 2 is 2.32 bits per heavy atom. The summed E-state index contributed by atoms with van der Waals surface area (Å²) in [6, 6.07) is 3.91. The first-order chi connectivity index (χ1) is 9.10. The normalized spacial score (nSPS) is 10.3. The third kappa shape index (κ3) is 3.42. The first-order valence-corrected chi connectivity index (χ1v) is 6.69. The summed E-state index contributed by atoms with van der Waals surface area (Å²) in [5, 5.41) is 3.82. The van der Waals surface area contributed by atoms with E-state index in [1.807, 2.05) is 19.1 Å². The SMILES string of the molecule is COC(=O)c1sc(NCc2ccc(C)nc2)nc1Cl. The van der Waals surface area contributed by atoms with Crippen molar-refractivity contribution in [2.45, 2.75) is 13.5 Å². The van der Waals surface area contributed by atoms with Gasteiger partial charge in [0.1, 0.15) is 0 Å². The number of anilines is 1. The van der Waals surface area contributed by atoms with Crippen molar-refractivity contribution in [3.63, 3.8) is 0 Å². The number of nitrogens with one attached hydrogen (secondary N) is 1. The summed E-state index contributed by atoms with van der Waals surface area (Å²) in [6.45, 7) is 2.50. The largest absolute Gasteiger partial charge is 0.465 e. The molecule has 2 rings (SSSR count). The fourth-order valence-electron chi connectivity index (χ4n) is 1.38. The predicted molar refractivity (Wildman–Crippen MR) is 74.8 cm³/mol. The van der Waals surface area contributed by atoms with Gasteiger partial charge in [-0.1, -0.05) is 29.0 Å². The summed E-state index contributed by atoms with van der Waals surface area (Å²) in [6.07, 6.45) is 1.79. The highest BCUT2D eigenvalue weighted by Gasteiger charge is 2.16. The number of thiazole rings is 1. The van der Waals surface area contributed by atoms with Crippen LogP contribution in [0.3, 0.4) is 0 Å².